The molecule has 1 aliphatic heterocycles. The number of rotatable bonds is 3. The summed E-state index contributed by atoms with van der Waals surface area (Å²) in [6.45, 7) is 1.09. The van der Waals surface area contributed by atoms with E-state index in [1.165, 1.54) is 11.8 Å². The van der Waals surface area contributed by atoms with Gasteiger partial charge in [0, 0.05) is 19.3 Å². The SMILES string of the molecule is O=C(c1cccnc1SC(F)F)N1CCc2ccccc2C1. The summed E-state index contributed by atoms with van der Waals surface area (Å²) in [4.78, 5) is 18.2. The van der Waals surface area contributed by atoms with Crippen LogP contribution in [0.15, 0.2) is 47.6 Å². The number of benzene rings is 1. The molecule has 0 N–H and O–H groups in total. The number of aromatic nitrogens is 1. The molecule has 1 aliphatic rings. The van der Waals surface area contributed by atoms with Gasteiger partial charge in [-0.05, 0) is 41.4 Å². The van der Waals surface area contributed by atoms with Gasteiger partial charge in [0.15, 0.2) is 0 Å². The summed E-state index contributed by atoms with van der Waals surface area (Å²) in [5.41, 5.74) is 2.58. The summed E-state index contributed by atoms with van der Waals surface area (Å²) in [7, 11) is 0. The van der Waals surface area contributed by atoms with Crippen molar-refractivity contribution in [3.8, 4) is 0 Å². The molecule has 1 aromatic carbocycles. The molecule has 0 fully saturated rings. The Kier molecular flexibility index (Phi) is 4.38. The molecule has 0 radical (unpaired) electrons. The Balaban J connectivity index is 1.84. The molecule has 0 saturated heterocycles. The van der Waals surface area contributed by atoms with Crippen LogP contribution in [0.1, 0.15) is 21.5 Å². The number of pyridine rings is 1. The van der Waals surface area contributed by atoms with Crippen LogP contribution < -0.4 is 0 Å². The number of alkyl halides is 2. The summed E-state index contributed by atoms with van der Waals surface area (Å²) in [6.07, 6.45) is 2.20. The molecule has 0 atom stereocenters. The molecule has 0 aliphatic carbocycles. The van der Waals surface area contributed by atoms with E-state index in [1.54, 1.807) is 17.0 Å². The van der Waals surface area contributed by atoms with E-state index in [0.29, 0.717) is 24.9 Å². The van der Waals surface area contributed by atoms with Gasteiger partial charge in [0.25, 0.3) is 11.7 Å². The zero-order chi connectivity index (χ0) is 15.5. The number of nitrogens with zero attached hydrogens (tertiary/aromatic N) is 2. The Labute approximate surface area is 131 Å². The van der Waals surface area contributed by atoms with E-state index in [1.807, 2.05) is 18.2 Å². The summed E-state index contributed by atoms with van der Waals surface area (Å²) in [6, 6.07) is 11.1. The molecule has 0 unspecified atom stereocenters. The molecular formula is C16H14F2N2OS. The molecule has 2 heterocycles. The number of hydrogen-bond donors (Lipinski definition) is 0. The van der Waals surface area contributed by atoms with E-state index in [0.717, 1.165) is 12.0 Å². The van der Waals surface area contributed by atoms with Crippen LogP contribution >= 0.6 is 11.8 Å². The fraction of sp³-hybridized carbons (Fsp3) is 0.250. The van der Waals surface area contributed by atoms with Crippen molar-refractivity contribution in [3.05, 3.63) is 59.3 Å². The van der Waals surface area contributed by atoms with Crippen molar-refractivity contribution in [3.63, 3.8) is 0 Å². The average molecular weight is 320 g/mol. The Morgan fingerprint density at radius 3 is 2.73 bits per heavy atom. The minimum atomic E-state index is -2.59. The summed E-state index contributed by atoms with van der Waals surface area (Å²) in [5.74, 6) is -2.84. The summed E-state index contributed by atoms with van der Waals surface area (Å²) < 4.78 is 25.2. The lowest BCUT2D eigenvalue weighted by Crippen LogP contribution is -2.36. The van der Waals surface area contributed by atoms with Gasteiger partial charge in [-0.1, -0.05) is 24.3 Å². The third kappa shape index (κ3) is 3.11. The van der Waals surface area contributed by atoms with Crippen molar-refractivity contribution in [2.45, 2.75) is 23.7 Å². The zero-order valence-corrected chi connectivity index (χ0v) is 12.5. The van der Waals surface area contributed by atoms with Crippen LogP contribution in [0.4, 0.5) is 8.78 Å². The lowest BCUT2D eigenvalue weighted by atomic mass is 9.99. The maximum absolute atomic E-state index is 12.6. The molecule has 2 aromatic rings. The molecule has 0 bridgehead atoms. The first-order valence-corrected chi connectivity index (χ1v) is 7.79. The fourth-order valence-corrected chi connectivity index (χ4v) is 3.14. The van der Waals surface area contributed by atoms with Gasteiger partial charge in [-0.2, -0.15) is 8.78 Å². The molecule has 114 valence electrons. The van der Waals surface area contributed by atoms with Crippen LogP contribution in [0.5, 0.6) is 0 Å². The second-order valence-electron chi connectivity index (χ2n) is 4.98. The topological polar surface area (TPSA) is 33.2 Å². The van der Waals surface area contributed by atoms with Crippen LogP contribution in [0.25, 0.3) is 0 Å². The van der Waals surface area contributed by atoms with Gasteiger partial charge in [-0.25, -0.2) is 4.98 Å². The van der Waals surface area contributed by atoms with Crippen molar-refractivity contribution in [1.82, 2.24) is 9.88 Å². The van der Waals surface area contributed by atoms with E-state index >= 15 is 0 Å². The lowest BCUT2D eigenvalue weighted by Gasteiger charge is -2.29. The quantitative estimate of drug-likeness (QED) is 0.810. The molecular weight excluding hydrogens is 306 g/mol. The van der Waals surface area contributed by atoms with Crippen LogP contribution in [0.2, 0.25) is 0 Å². The molecule has 3 nitrogen and oxygen atoms in total. The number of thioether (sulfide) groups is 1. The third-order valence-electron chi connectivity index (χ3n) is 3.62. The number of halogens is 2. The first-order chi connectivity index (χ1) is 10.6. The van der Waals surface area contributed by atoms with E-state index in [-0.39, 0.29) is 16.5 Å². The van der Waals surface area contributed by atoms with E-state index < -0.39 is 5.76 Å². The number of amides is 1. The monoisotopic (exact) mass is 320 g/mol. The molecule has 22 heavy (non-hydrogen) atoms. The predicted octanol–water partition coefficient (Wildman–Crippen LogP) is 3.59. The number of carbonyl (C=O) groups is 1. The van der Waals surface area contributed by atoms with E-state index in [4.69, 9.17) is 0 Å². The van der Waals surface area contributed by atoms with Crippen molar-refractivity contribution < 1.29 is 13.6 Å². The van der Waals surface area contributed by atoms with Crippen molar-refractivity contribution >= 4 is 17.7 Å². The van der Waals surface area contributed by atoms with Crippen LogP contribution in [-0.4, -0.2) is 28.1 Å². The number of hydrogen-bond acceptors (Lipinski definition) is 3. The first kappa shape index (κ1) is 15.0. The zero-order valence-electron chi connectivity index (χ0n) is 11.7. The van der Waals surface area contributed by atoms with Crippen LogP contribution in [0.3, 0.4) is 0 Å². The minimum absolute atomic E-state index is 0.0846. The number of carbonyl (C=O) groups excluding carboxylic acids is 1. The van der Waals surface area contributed by atoms with Crippen molar-refractivity contribution in [1.29, 1.82) is 0 Å². The molecule has 3 rings (SSSR count). The molecule has 1 amide bonds. The van der Waals surface area contributed by atoms with Gasteiger partial charge in [0.2, 0.25) is 0 Å². The first-order valence-electron chi connectivity index (χ1n) is 6.91. The second kappa shape index (κ2) is 6.44. The van der Waals surface area contributed by atoms with E-state index in [9.17, 15) is 13.6 Å². The minimum Gasteiger partial charge on any atom is -0.334 e. The number of fused-ring (bicyclic) bond motifs is 1. The standard InChI is InChI=1S/C16H14F2N2OS/c17-16(18)22-14-13(6-3-8-19-14)15(21)20-9-7-11-4-1-2-5-12(11)10-20/h1-6,8,16H,7,9-10H2. The van der Waals surface area contributed by atoms with Crippen molar-refractivity contribution in [2.24, 2.45) is 0 Å². The van der Waals surface area contributed by atoms with Gasteiger partial charge in [-0.3, -0.25) is 4.79 Å². The smallest absolute Gasteiger partial charge is 0.290 e. The van der Waals surface area contributed by atoms with Crippen LogP contribution in [-0.2, 0) is 13.0 Å². The summed E-state index contributed by atoms with van der Waals surface area (Å²) >= 11 is 0.311. The Bertz CT molecular complexity index is 693. The summed E-state index contributed by atoms with van der Waals surface area (Å²) in [5, 5.41) is 0.0846. The second-order valence-corrected chi connectivity index (χ2v) is 5.96. The van der Waals surface area contributed by atoms with Crippen LogP contribution in [0, 0.1) is 0 Å². The van der Waals surface area contributed by atoms with Gasteiger partial charge < -0.3 is 4.90 Å². The highest BCUT2D eigenvalue weighted by Gasteiger charge is 2.24. The van der Waals surface area contributed by atoms with Gasteiger partial charge in [-0.15, -0.1) is 0 Å². The molecule has 0 saturated carbocycles. The van der Waals surface area contributed by atoms with Gasteiger partial charge in [0.1, 0.15) is 5.03 Å². The van der Waals surface area contributed by atoms with Gasteiger partial charge >= 0.3 is 0 Å². The maximum atomic E-state index is 12.6. The third-order valence-corrected chi connectivity index (χ3v) is 4.35. The lowest BCUT2D eigenvalue weighted by molar-refractivity contribution is 0.0730. The highest BCUT2D eigenvalue weighted by atomic mass is 32.2. The molecule has 1 aromatic heterocycles. The van der Waals surface area contributed by atoms with E-state index in [2.05, 4.69) is 11.1 Å². The Hall–Kier alpha value is -1.95. The largest absolute Gasteiger partial charge is 0.334 e. The Morgan fingerprint density at radius 1 is 1.18 bits per heavy atom. The fourth-order valence-electron chi connectivity index (χ4n) is 2.57. The predicted molar refractivity (Wildman–Crippen MR) is 81.0 cm³/mol. The highest BCUT2D eigenvalue weighted by Crippen LogP contribution is 2.28. The molecule has 0 spiro atoms. The molecule has 6 heteroatoms. The Morgan fingerprint density at radius 2 is 1.95 bits per heavy atom. The van der Waals surface area contributed by atoms with Crippen molar-refractivity contribution in [2.75, 3.05) is 6.54 Å². The average Bonchev–Trinajstić information content (AvgIpc) is 2.54. The van der Waals surface area contributed by atoms with Gasteiger partial charge in [0.05, 0.1) is 5.56 Å². The normalized spacial score (nSPS) is 14.0. The maximum Gasteiger partial charge on any atom is 0.290 e. The highest BCUT2D eigenvalue weighted by molar-refractivity contribution is 7.99.